The molecule has 32 heavy (non-hydrogen) atoms. The first-order valence-corrected chi connectivity index (χ1v) is 10.1. The molecule has 0 atom stereocenters. The van der Waals surface area contributed by atoms with Gasteiger partial charge in [-0.05, 0) is 42.5 Å². The Morgan fingerprint density at radius 1 is 0.906 bits per heavy atom. The molecule has 3 aromatic carbocycles. The van der Waals surface area contributed by atoms with Gasteiger partial charge in [0.1, 0.15) is 12.7 Å². The van der Waals surface area contributed by atoms with Gasteiger partial charge in [0, 0.05) is 16.4 Å². The van der Waals surface area contributed by atoms with Gasteiger partial charge >= 0.3 is 0 Å². The van der Waals surface area contributed by atoms with Crippen LogP contribution in [-0.4, -0.2) is 33.1 Å². The molecule has 8 nitrogen and oxygen atoms in total. The van der Waals surface area contributed by atoms with Crippen LogP contribution in [0.3, 0.4) is 0 Å². The number of benzene rings is 3. The van der Waals surface area contributed by atoms with E-state index in [1.54, 1.807) is 54.6 Å². The predicted molar refractivity (Wildman–Crippen MR) is 124 cm³/mol. The van der Waals surface area contributed by atoms with E-state index >= 15 is 0 Å². The Morgan fingerprint density at radius 2 is 1.69 bits per heavy atom. The van der Waals surface area contributed by atoms with Crippen LogP contribution in [0.2, 0.25) is 5.02 Å². The molecule has 3 N–H and O–H groups in total. The van der Waals surface area contributed by atoms with Crippen LogP contribution < -0.4 is 16.0 Å². The molecule has 2 amide bonds. The van der Waals surface area contributed by atoms with Gasteiger partial charge in [-0.25, -0.2) is 9.67 Å². The molecule has 0 spiro atoms. The molecule has 0 bridgehead atoms. The third kappa shape index (κ3) is 5.11. The van der Waals surface area contributed by atoms with Crippen LogP contribution in [-0.2, 0) is 4.79 Å². The van der Waals surface area contributed by atoms with Gasteiger partial charge < -0.3 is 16.0 Å². The van der Waals surface area contributed by atoms with Crippen molar-refractivity contribution in [3.05, 3.63) is 96.0 Å². The van der Waals surface area contributed by atoms with Gasteiger partial charge in [0.15, 0.2) is 0 Å². The fraction of sp³-hybridized carbons (Fsp3) is 0.0435. The van der Waals surface area contributed by atoms with Crippen LogP contribution in [0.25, 0.3) is 5.69 Å². The molecule has 160 valence electrons. The summed E-state index contributed by atoms with van der Waals surface area (Å²) in [5, 5.41) is 13.3. The van der Waals surface area contributed by atoms with Crippen molar-refractivity contribution in [1.82, 2.24) is 14.8 Å². The average Bonchev–Trinajstić information content (AvgIpc) is 3.33. The maximum absolute atomic E-state index is 12.7. The number of anilines is 3. The van der Waals surface area contributed by atoms with E-state index < -0.39 is 0 Å². The van der Waals surface area contributed by atoms with Crippen molar-refractivity contribution in [3.63, 3.8) is 0 Å². The Kier molecular flexibility index (Phi) is 6.43. The van der Waals surface area contributed by atoms with Crippen LogP contribution in [0, 0.1) is 0 Å². The molecule has 0 unspecified atom stereocenters. The summed E-state index contributed by atoms with van der Waals surface area (Å²) >= 11 is 6.10. The Bertz CT molecular complexity index is 1230. The molecule has 0 aliphatic heterocycles. The molecule has 1 heterocycles. The number of carbonyl (C=O) groups excluding carboxylic acids is 2. The molecule has 0 radical (unpaired) electrons. The van der Waals surface area contributed by atoms with Crippen molar-refractivity contribution < 1.29 is 9.59 Å². The van der Waals surface area contributed by atoms with E-state index in [-0.39, 0.29) is 18.4 Å². The van der Waals surface area contributed by atoms with E-state index in [1.165, 1.54) is 17.3 Å². The third-order valence-corrected chi connectivity index (χ3v) is 4.78. The summed E-state index contributed by atoms with van der Waals surface area (Å²) in [5.41, 5.74) is 2.77. The van der Waals surface area contributed by atoms with Crippen LogP contribution in [0.4, 0.5) is 17.1 Å². The maximum atomic E-state index is 12.7. The van der Waals surface area contributed by atoms with Gasteiger partial charge in [0.25, 0.3) is 5.91 Å². The number of nitrogens with zero attached hydrogens (tertiary/aromatic N) is 3. The second-order valence-electron chi connectivity index (χ2n) is 6.77. The minimum Gasteiger partial charge on any atom is -0.376 e. The number of aromatic nitrogens is 3. The van der Waals surface area contributed by atoms with Crippen molar-refractivity contribution in [2.45, 2.75) is 0 Å². The largest absolute Gasteiger partial charge is 0.376 e. The van der Waals surface area contributed by atoms with E-state index in [4.69, 9.17) is 11.6 Å². The molecule has 0 fully saturated rings. The summed E-state index contributed by atoms with van der Waals surface area (Å²) in [6, 6.07) is 21.2. The molecule has 0 saturated carbocycles. The number of hydrogen-bond donors (Lipinski definition) is 3. The Morgan fingerprint density at radius 3 is 2.47 bits per heavy atom. The smallest absolute Gasteiger partial charge is 0.257 e. The highest BCUT2D eigenvalue weighted by atomic mass is 35.5. The van der Waals surface area contributed by atoms with Crippen molar-refractivity contribution in [1.29, 1.82) is 0 Å². The zero-order valence-corrected chi connectivity index (χ0v) is 17.6. The van der Waals surface area contributed by atoms with E-state index in [0.717, 1.165) is 0 Å². The number of para-hydroxylation sites is 2. The quantitative estimate of drug-likeness (QED) is 0.394. The van der Waals surface area contributed by atoms with Crippen LogP contribution in [0.1, 0.15) is 10.4 Å². The van der Waals surface area contributed by atoms with E-state index in [2.05, 4.69) is 26.0 Å². The molecular formula is C23H19ClN6O2. The zero-order chi connectivity index (χ0) is 22.3. The topological polar surface area (TPSA) is 101 Å². The molecule has 1 aromatic heterocycles. The first-order valence-electron chi connectivity index (χ1n) is 9.74. The second kappa shape index (κ2) is 9.76. The molecule has 0 saturated heterocycles. The van der Waals surface area contributed by atoms with Crippen LogP contribution in [0.15, 0.2) is 85.5 Å². The Balaban J connectivity index is 1.44. The summed E-state index contributed by atoms with van der Waals surface area (Å²) in [6.45, 7) is -0.0566. The number of halogens is 1. The SMILES string of the molecule is O=C(CNc1ccccc1C(=O)Nc1ccccc1)Nc1cc(Cl)ccc1-n1cncn1. The summed E-state index contributed by atoms with van der Waals surface area (Å²) < 4.78 is 1.53. The average molecular weight is 447 g/mol. The van der Waals surface area contributed by atoms with Gasteiger partial charge in [0.05, 0.1) is 23.5 Å². The lowest BCUT2D eigenvalue weighted by Gasteiger charge is -2.14. The Hall–Kier alpha value is -4.17. The van der Waals surface area contributed by atoms with Crippen molar-refractivity contribution in [2.24, 2.45) is 0 Å². The summed E-state index contributed by atoms with van der Waals surface area (Å²) in [7, 11) is 0. The minimum atomic E-state index is -0.313. The minimum absolute atomic E-state index is 0.0566. The highest BCUT2D eigenvalue weighted by molar-refractivity contribution is 6.31. The highest BCUT2D eigenvalue weighted by Crippen LogP contribution is 2.24. The normalized spacial score (nSPS) is 10.4. The van der Waals surface area contributed by atoms with E-state index in [9.17, 15) is 9.59 Å². The fourth-order valence-corrected chi connectivity index (χ4v) is 3.24. The molecule has 0 aliphatic carbocycles. The summed E-state index contributed by atoms with van der Waals surface area (Å²) in [4.78, 5) is 29.3. The molecule has 4 aromatic rings. The highest BCUT2D eigenvalue weighted by Gasteiger charge is 2.14. The van der Waals surface area contributed by atoms with E-state index in [1.807, 2.05) is 18.2 Å². The van der Waals surface area contributed by atoms with Gasteiger partial charge in [-0.15, -0.1) is 0 Å². The number of amides is 2. The summed E-state index contributed by atoms with van der Waals surface area (Å²) in [6.07, 6.45) is 2.93. The Labute approximate surface area is 189 Å². The predicted octanol–water partition coefficient (Wildman–Crippen LogP) is 4.22. The number of rotatable bonds is 7. The molecule has 9 heteroatoms. The second-order valence-corrected chi connectivity index (χ2v) is 7.21. The van der Waals surface area contributed by atoms with E-state index in [0.29, 0.717) is 33.3 Å². The summed E-state index contributed by atoms with van der Waals surface area (Å²) in [5.74, 6) is -0.588. The third-order valence-electron chi connectivity index (χ3n) is 4.54. The fourth-order valence-electron chi connectivity index (χ4n) is 3.07. The van der Waals surface area contributed by atoms with Gasteiger partial charge in [-0.2, -0.15) is 5.10 Å². The number of nitrogens with one attached hydrogen (secondary N) is 3. The lowest BCUT2D eigenvalue weighted by Crippen LogP contribution is -2.24. The van der Waals surface area contributed by atoms with Gasteiger partial charge in [-0.3, -0.25) is 9.59 Å². The van der Waals surface area contributed by atoms with Gasteiger partial charge in [-0.1, -0.05) is 41.9 Å². The van der Waals surface area contributed by atoms with Crippen molar-refractivity contribution in [2.75, 3.05) is 22.5 Å². The number of carbonyl (C=O) groups is 2. The van der Waals surface area contributed by atoms with Crippen molar-refractivity contribution >= 4 is 40.5 Å². The molecular weight excluding hydrogens is 428 g/mol. The molecule has 0 aliphatic rings. The lowest BCUT2D eigenvalue weighted by atomic mass is 10.1. The monoisotopic (exact) mass is 446 g/mol. The standard InChI is InChI=1S/C23H19ClN6O2/c24-16-10-11-21(30-15-25-14-27-30)20(12-16)29-22(31)13-26-19-9-5-4-8-18(19)23(32)28-17-6-2-1-3-7-17/h1-12,14-15,26H,13H2,(H,28,32)(H,29,31). The van der Waals surface area contributed by atoms with Gasteiger partial charge in [0.2, 0.25) is 5.91 Å². The molecule has 4 rings (SSSR count). The first kappa shape index (κ1) is 21.1. The zero-order valence-electron chi connectivity index (χ0n) is 16.8. The maximum Gasteiger partial charge on any atom is 0.257 e. The lowest BCUT2D eigenvalue weighted by molar-refractivity contribution is -0.114. The number of hydrogen-bond acceptors (Lipinski definition) is 5. The van der Waals surface area contributed by atoms with Crippen molar-refractivity contribution in [3.8, 4) is 5.69 Å². The first-order chi connectivity index (χ1) is 15.6. The van der Waals surface area contributed by atoms with Crippen LogP contribution in [0.5, 0.6) is 0 Å². The van der Waals surface area contributed by atoms with Crippen LogP contribution >= 0.6 is 11.6 Å².